The van der Waals surface area contributed by atoms with Crippen molar-refractivity contribution in [3.8, 4) is 17.2 Å². The molecule has 0 amide bonds. The number of aryl methyl sites for hydroxylation is 3. The predicted molar refractivity (Wildman–Crippen MR) is 275 cm³/mol. The molecule has 352 valence electrons. The van der Waals surface area contributed by atoms with E-state index in [1.807, 2.05) is 0 Å². The third-order valence-electron chi connectivity index (χ3n) is 13.9. The van der Waals surface area contributed by atoms with Crippen molar-refractivity contribution in [3.63, 3.8) is 0 Å². The van der Waals surface area contributed by atoms with Gasteiger partial charge in [-0.1, -0.05) is 226 Å². The number of nitrogens with zero attached hydrogens (tertiary/aromatic N) is 1. The molecular weight excluding hydrogens is 787 g/mol. The zero-order chi connectivity index (χ0) is 44.2. The molecule has 0 fully saturated rings. The lowest BCUT2D eigenvalue weighted by atomic mass is 10.0. The summed E-state index contributed by atoms with van der Waals surface area (Å²) in [5.41, 5.74) is 7.61. The van der Waals surface area contributed by atoms with Gasteiger partial charge in [0, 0.05) is 0 Å². The van der Waals surface area contributed by atoms with Crippen molar-refractivity contribution in [1.29, 1.82) is 0 Å². The molecule has 6 rings (SSSR count). The second-order valence-electron chi connectivity index (χ2n) is 19.6. The minimum atomic E-state index is -3.29. The first kappa shape index (κ1) is 51.1. The number of unbranched alkanes of at least 4 members (excludes halogenated alkanes) is 28. The topological polar surface area (TPSA) is 30.9 Å². The molecule has 3 aliphatic rings. The molecule has 0 N–H and O–H groups in total. The van der Waals surface area contributed by atoms with Crippen molar-refractivity contribution in [3.05, 3.63) is 71.3 Å². The highest BCUT2D eigenvalue weighted by atomic mass is 28.4. The Labute approximate surface area is 389 Å². The van der Waals surface area contributed by atoms with E-state index < -0.39 is 8.80 Å². The van der Waals surface area contributed by atoms with Crippen LogP contribution >= 0.6 is 0 Å². The lowest BCUT2D eigenvalue weighted by Gasteiger charge is -2.42. The lowest BCUT2D eigenvalue weighted by Crippen LogP contribution is -2.56. The summed E-state index contributed by atoms with van der Waals surface area (Å²) in [6.07, 6.45) is 45.9. The molecular formula is C58H93NO3Si. The second-order valence-corrected chi connectivity index (χ2v) is 22.1. The minimum Gasteiger partial charge on any atom is -0.481 e. The van der Waals surface area contributed by atoms with E-state index in [2.05, 4.69) is 87.2 Å². The third-order valence-corrected chi connectivity index (χ3v) is 16.4. The summed E-state index contributed by atoms with van der Waals surface area (Å²) in [6, 6.07) is 21.8. The van der Waals surface area contributed by atoms with Crippen molar-refractivity contribution < 1.29 is 13.3 Å². The molecule has 63 heavy (non-hydrogen) atoms. The van der Waals surface area contributed by atoms with Crippen molar-refractivity contribution in [2.24, 2.45) is 0 Å². The minimum absolute atomic E-state index is 0.806. The smallest absolute Gasteiger partial charge is 0.481 e. The molecule has 0 saturated carbocycles. The zero-order valence-corrected chi connectivity index (χ0v) is 42.3. The molecule has 0 aliphatic carbocycles. The normalized spacial score (nSPS) is 15.1. The first-order chi connectivity index (χ1) is 31.1. The number of hydrogen-bond donors (Lipinski definition) is 0. The van der Waals surface area contributed by atoms with Crippen LogP contribution in [0, 0.1) is 0 Å². The Balaban J connectivity index is 1.34. The van der Waals surface area contributed by atoms with Crippen molar-refractivity contribution in [2.45, 2.75) is 258 Å². The monoisotopic (exact) mass is 880 g/mol. The van der Waals surface area contributed by atoms with E-state index in [-0.39, 0.29) is 0 Å². The number of hydrogen-bond acceptors (Lipinski definition) is 4. The van der Waals surface area contributed by atoms with Gasteiger partial charge in [-0.3, -0.25) is 0 Å². The molecule has 3 aromatic rings. The van der Waals surface area contributed by atoms with E-state index in [9.17, 15) is 0 Å². The highest BCUT2D eigenvalue weighted by Crippen LogP contribution is 2.53. The van der Waals surface area contributed by atoms with Crippen LogP contribution in [0.3, 0.4) is 0 Å². The molecule has 3 heterocycles. The van der Waals surface area contributed by atoms with E-state index in [0.717, 1.165) is 66.0 Å². The van der Waals surface area contributed by atoms with Crippen LogP contribution in [-0.2, 0) is 19.3 Å². The fourth-order valence-corrected chi connectivity index (χ4v) is 12.5. The highest BCUT2D eigenvalue weighted by Gasteiger charge is 2.53. The quantitative estimate of drug-likeness (QED) is 0.0430. The van der Waals surface area contributed by atoms with Crippen LogP contribution in [-0.4, -0.2) is 8.80 Å². The SMILES string of the molecule is CCCCCCCCCCCCCCCC[Si]12Oc3ccc(CCCC)cc3N(c3cc(CCCCCCCC)ccc3O1)c1cc(CCCCCCCCCCCC)ccc1O2. The van der Waals surface area contributed by atoms with Gasteiger partial charge in [0.2, 0.25) is 0 Å². The predicted octanol–water partition coefficient (Wildman–Crippen LogP) is 19.4. The van der Waals surface area contributed by atoms with Crippen molar-refractivity contribution in [1.82, 2.24) is 0 Å². The third kappa shape index (κ3) is 17.8. The Kier molecular flexibility index (Phi) is 24.6. The lowest BCUT2D eigenvalue weighted by molar-refractivity contribution is 0.254. The van der Waals surface area contributed by atoms with Crippen LogP contribution in [0.2, 0.25) is 6.04 Å². The van der Waals surface area contributed by atoms with Crippen LogP contribution in [0.4, 0.5) is 17.1 Å². The van der Waals surface area contributed by atoms with E-state index in [4.69, 9.17) is 13.3 Å². The van der Waals surface area contributed by atoms with Gasteiger partial charge in [0.1, 0.15) is 17.2 Å². The molecule has 0 spiro atoms. The number of rotatable bonds is 36. The van der Waals surface area contributed by atoms with E-state index in [1.165, 1.54) is 216 Å². The maximum atomic E-state index is 7.27. The summed E-state index contributed by atoms with van der Waals surface area (Å²) in [5.74, 6) is 2.73. The largest absolute Gasteiger partial charge is 0.699 e. The Morgan fingerprint density at radius 1 is 0.317 bits per heavy atom. The molecule has 0 radical (unpaired) electrons. The van der Waals surface area contributed by atoms with Gasteiger partial charge in [0.05, 0.1) is 23.1 Å². The Morgan fingerprint density at radius 3 is 0.905 bits per heavy atom. The molecule has 5 heteroatoms. The molecule has 4 nitrogen and oxygen atoms in total. The zero-order valence-electron chi connectivity index (χ0n) is 41.3. The maximum absolute atomic E-state index is 7.27. The maximum Gasteiger partial charge on any atom is 0.699 e. The van der Waals surface area contributed by atoms with Gasteiger partial charge in [-0.15, -0.1) is 0 Å². The summed E-state index contributed by atoms with van der Waals surface area (Å²) < 4.78 is 21.8. The summed E-state index contributed by atoms with van der Waals surface area (Å²) in [4.78, 5) is 2.45. The Hall–Kier alpha value is -2.92. The molecule has 1 atom stereocenters. The van der Waals surface area contributed by atoms with Crippen LogP contribution in [0.25, 0.3) is 0 Å². The van der Waals surface area contributed by atoms with Gasteiger partial charge in [-0.2, -0.15) is 0 Å². The van der Waals surface area contributed by atoms with Gasteiger partial charge in [-0.25, -0.2) is 0 Å². The fourth-order valence-electron chi connectivity index (χ4n) is 9.89. The average molecular weight is 880 g/mol. The average Bonchev–Trinajstić information content (AvgIpc) is 3.28. The first-order valence-electron chi connectivity index (χ1n) is 27.4. The summed E-state index contributed by atoms with van der Waals surface area (Å²) >= 11 is 0. The Bertz CT molecular complexity index is 1670. The van der Waals surface area contributed by atoms with Crippen LogP contribution in [0.15, 0.2) is 54.6 Å². The van der Waals surface area contributed by atoms with Crippen molar-refractivity contribution >= 4 is 25.9 Å². The second kappa shape index (κ2) is 30.3. The van der Waals surface area contributed by atoms with Gasteiger partial charge in [0.15, 0.2) is 0 Å². The van der Waals surface area contributed by atoms with Crippen LogP contribution < -0.4 is 18.2 Å². The molecule has 3 aromatic carbocycles. The van der Waals surface area contributed by atoms with E-state index in [0.29, 0.717) is 0 Å². The fraction of sp³-hybridized carbons (Fsp3) is 0.690. The summed E-state index contributed by atoms with van der Waals surface area (Å²) in [6.45, 7) is 9.21. The van der Waals surface area contributed by atoms with E-state index in [1.54, 1.807) is 0 Å². The Morgan fingerprint density at radius 2 is 0.587 bits per heavy atom. The van der Waals surface area contributed by atoms with E-state index >= 15 is 0 Å². The summed E-state index contributed by atoms with van der Waals surface area (Å²) in [7, 11) is -3.29. The standard InChI is InChI=1S/C58H93NO3Si/c1-5-9-13-16-19-21-23-24-25-26-28-30-33-36-46-63-60-56-43-40-50(37-12-8-4)47-53(56)59(54-48-51(41-44-57(54)61-63)38-34-31-18-15-11-7-3)55-49-52(42-45-58(55)62-63)39-35-32-29-27-22-20-17-14-10-6-2/h40-45,47-49H,5-39,46H2,1-4H3. The van der Waals surface area contributed by atoms with Gasteiger partial charge < -0.3 is 18.2 Å². The molecule has 1 unspecified atom stereocenters. The molecule has 0 aromatic heterocycles. The number of benzene rings is 3. The van der Waals surface area contributed by atoms with Gasteiger partial charge in [0.25, 0.3) is 0 Å². The number of anilines is 3. The van der Waals surface area contributed by atoms with Crippen LogP contribution in [0.5, 0.6) is 17.2 Å². The first-order valence-corrected chi connectivity index (χ1v) is 29.3. The molecule has 3 aliphatic heterocycles. The summed E-state index contributed by atoms with van der Waals surface area (Å²) in [5, 5.41) is 0. The molecule has 2 bridgehead atoms. The molecule has 0 saturated heterocycles. The van der Waals surface area contributed by atoms with Gasteiger partial charge in [-0.05, 0) is 98.0 Å². The highest BCUT2D eigenvalue weighted by molar-refractivity contribution is 6.63. The van der Waals surface area contributed by atoms with Gasteiger partial charge >= 0.3 is 8.80 Å². The van der Waals surface area contributed by atoms with Crippen molar-refractivity contribution in [2.75, 3.05) is 4.90 Å². The van der Waals surface area contributed by atoms with Crippen LogP contribution in [0.1, 0.15) is 250 Å².